The molecule has 2 fully saturated rings. The fraction of sp³-hybridized carbons (Fsp3) is 1.00. The van der Waals surface area contributed by atoms with Crippen molar-refractivity contribution in [3.63, 3.8) is 0 Å². The molecule has 2 nitrogen and oxygen atoms in total. The van der Waals surface area contributed by atoms with E-state index in [1.165, 1.54) is 52.0 Å². The Morgan fingerprint density at radius 2 is 1.92 bits per heavy atom. The van der Waals surface area contributed by atoms with E-state index in [2.05, 4.69) is 16.7 Å². The van der Waals surface area contributed by atoms with Crippen molar-refractivity contribution >= 4 is 0 Å². The average Bonchev–Trinajstić information content (AvgIpc) is 2.75. The molecular weight excluding hydrogens is 148 g/mol. The maximum absolute atomic E-state index is 2.69. The summed E-state index contributed by atoms with van der Waals surface area (Å²) in [5.41, 5.74) is 0. The second-order valence-corrected chi connectivity index (χ2v) is 4.08. The summed E-state index contributed by atoms with van der Waals surface area (Å²) in [6.45, 7) is 8.90. The van der Waals surface area contributed by atoms with Gasteiger partial charge in [0.15, 0.2) is 0 Å². The minimum Gasteiger partial charge on any atom is -0.302 e. The van der Waals surface area contributed by atoms with Crippen molar-refractivity contribution in [1.29, 1.82) is 0 Å². The van der Waals surface area contributed by atoms with Crippen LogP contribution in [0.1, 0.15) is 26.2 Å². The number of hydrogen-bond acceptors (Lipinski definition) is 2. The van der Waals surface area contributed by atoms with Gasteiger partial charge in [-0.1, -0.05) is 6.92 Å². The van der Waals surface area contributed by atoms with Gasteiger partial charge in [0, 0.05) is 12.6 Å². The third-order valence-electron chi connectivity index (χ3n) is 3.35. The predicted octanol–water partition coefficient (Wildman–Crippen LogP) is 1.18. The smallest absolute Gasteiger partial charge is 0.0235 e. The lowest BCUT2D eigenvalue weighted by molar-refractivity contribution is 0.235. The third kappa shape index (κ3) is 1.64. The molecule has 0 unspecified atom stereocenters. The van der Waals surface area contributed by atoms with Crippen LogP contribution in [-0.2, 0) is 0 Å². The molecule has 0 radical (unpaired) electrons. The molecule has 0 N–H and O–H groups in total. The quantitative estimate of drug-likeness (QED) is 0.611. The lowest BCUT2D eigenvalue weighted by Crippen LogP contribution is -2.35. The van der Waals surface area contributed by atoms with Crippen molar-refractivity contribution in [2.45, 2.75) is 32.2 Å². The lowest BCUT2D eigenvalue weighted by atomic mass is 10.2. The van der Waals surface area contributed by atoms with E-state index in [0.29, 0.717) is 0 Å². The van der Waals surface area contributed by atoms with E-state index in [0.717, 1.165) is 6.04 Å². The first-order valence-corrected chi connectivity index (χ1v) is 5.36. The van der Waals surface area contributed by atoms with Gasteiger partial charge in [-0.25, -0.2) is 0 Å². The molecule has 0 spiro atoms. The molecule has 0 bridgehead atoms. The van der Waals surface area contributed by atoms with Gasteiger partial charge in [0.05, 0.1) is 0 Å². The van der Waals surface area contributed by atoms with Crippen LogP contribution in [0.4, 0.5) is 0 Å². The van der Waals surface area contributed by atoms with E-state index < -0.39 is 0 Å². The van der Waals surface area contributed by atoms with Crippen molar-refractivity contribution in [3.05, 3.63) is 0 Å². The number of rotatable bonds is 2. The minimum absolute atomic E-state index is 0.896. The number of likely N-dealkylation sites (N-methyl/N-ethyl adjacent to an activating group) is 1. The Morgan fingerprint density at radius 3 is 2.50 bits per heavy atom. The van der Waals surface area contributed by atoms with E-state index in [1.807, 2.05) is 0 Å². The number of likely N-dealkylation sites (tertiary alicyclic amines) is 2. The molecule has 0 aliphatic carbocycles. The number of hydrogen-bond donors (Lipinski definition) is 0. The molecular formula is C10H20N2. The zero-order valence-corrected chi connectivity index (χ0v) is 8.13. The molecule has 2 aliphatic heterocycles. The fourth-order valence-electron chi connectivity index (χ4n) is 2.50. The molecule has 0 amide bonds. The first kappa shape index (κ1) is 8.52. The van der Waals surface area contributed by atoms with E-state index in [1.54, 1.807) is 0 Å². The molecule has 2 saturated heterocycles. The first-order valence-electron chi connectivity index (χ1n) is 5.36. The van der Waals surface area contributed by atoms with Crippen LogP contribution in [-0.4, -0.2) is 48.6 Å². The van der Waals surface area contributed by atoms with E-state index in [-0.39, 0.29) is 0 Å². The van der Waals surface area contributed by atoms with E-state index in [4.69, 9.17) is 0 Å². The molecule has 2 aliphatic rings. The third-order valence-corrected chi connectivity index (χ3v) is 3.35. The molecule has 12 heavy (non-hydrogen) atoms. The second-order valence-electron chi connectivity index (χ2n) is 4.08. The molecule has 0 aromatic heterocycles. The normalized spacial score (nSPS) is 33.2. The minimum atomic E-state index is 0.896. The Balaban J connectivity index is 1.81. The monoisotopic (exact) mass is 168 g/mol. The van der Waals surface area contributed by atoms with Crippen LogP contribution in [0, 0.1) is 0 Å². The average molecular weight is 168 g/mol. The molecule has 2 heteroatoms. The molecule has 0 aromatic rings. The fourth-order valence-corrected chi connectivity index (χ4v) is 2.50. The maximum atomic E-state index is 2.69. The van der Waals surface area contributed by atoms with Gasteiger partial charge in [-0.3, -0.25) is 4.90 Å². The summed E-state index contributed by atoms with van der Waals surface area (Å²) >= 11 is 0. The summed E-state index contributed by atoms with van der Waals surface area (Å²) in [6.07, 6.45) is 4.28. The largest absolute Gasteiger partial charge is 0.302 e. The van der Waals surface area contributed by atoms with E-state index >= 15 is 0 Å². The summed E-state index contributed by atoms with van der Waals surface area (Å²) in [5.74, 6) is 0. The van der Waals surface area contributed by atoms with E-state index in [9.17, 15) is 0 Å². The Hall–Kier alpha value is -0.0800. The topological polar surface area (TPSA) is 6.48 Å². The van der Waals surface area contributed by atoms with Crippen molar-refractivity contribution in [2.24, 2.45) is 0 Å². The summed E-state index contributed by atoms with van der Waals surface area (Å²) < 4.78 is 0. The second kappa shape index (κ2) is 3.75. The zero-order valence-electron chi connectivity index (χ0n) is 8.13. The van der Waals surface area contributed by atoms with Gasteiger partial charge >= 0.3 is 0 Å². The summed E-state index contributed by atoms with van der Waals surface area (Å²) in [5, 5.41) is 0. The highest BCUT2D eigenvalue weighted by molar-refractivity contribution is 4.84. The van der Waals surface area contributed by atoms with Crippen LogP contribution in [0.25, 0.3) is 0 Å². The summed E-state index contributed by atoms with van der Waals surface area (Å²) in [6, 6.07) is 0.896. The van der Waals surface area contributed by atoms with Gasteiger partial charge < -0.3 is 4.90 Å². The summed E-state index contributed by atoms with van der Waals surface area (Å²) in [4.78, 5) is 5.26. The molecule has 0 saturated carbocycles. The van der Waals surface area contributed by atoms with Crippen molar-refractivity contribution in [1.82, 2.24) is 9.80 Å². The van der Waals surface area contributed by atoms with Crippen molar-refractivity contribution in [2.75, 3.05) is 32.7 Å². The van der Waals surface area contributed by atoms with Gasteiger partial charge in [0.25, 0.3) is 0 Å². The standard InChI is InChI=1S/C10H20N2/c1-2-11-8-5-10(9-11)12-6-3-4-7-12/h10H,2-9H2,1H3/t10-/m1/s1. The summed E-state index contributed by atoms with van der Waals surface area (Å²) in [7, 11) is 0. The lowest BCUT2D eigenvalue weighted by Gasteiger charge is -2.23. The molecule has 70 valence electrons. The van der Waals surface area contributed by atoms with Gasteiger partial charge in [-0.05, 0) is 45.4 Å². The van der Waals surface area contributed by atoms with Crippen LogP contribution < -0.4 is 0 Å². The van der Waals surface area contributed by atoms with Gasteiger partial charge in [0.1, 0.15) is 0 Å². The highest BCUT2D eigenvalue weighted by Crippen LogP contribution is 2.19. The Morgan fingerprint density at radius 1 is 1.17 bits per heavy atom. The molecule has 1 atom stereocenters. The van der Waals surface area contributed by atoms with Crippen LogP contribution in [0.5, 0.6) is 0 Å². The van der Waals surface area contributed by atoms with Crippen molar-refractivity contribution in [3.8, 4) is 0 Å². The predicted molar refractivity (Wildman–Crippen MR) is 51.3 cm³/mol. The van der Waals surface area contributed by atoms with Gasteiger partial charge in [-0.2, -0.15) is 0 Å². The van der Waals surface area contributed by atoms with Crippen LogP contribution in [0.15, 0.2) is 0 Å². The zero-order chi connectivity index (χ0) is 8.39. The molecule has 2 rings (SSSR count). The Bertz CT molecular complexity index is 141. The Labute approximate surface area is 75.5 Å². The SMILES string of the molecule is CCN1CC[C@@H](N2CCCC2)C1. The van der Waals surface area contributed by atoms with Crippen LogP contribution >= 0.6 is 0 Å². The van der Waals surface area contributed by atoms with Crippen LogP contribution in [0.2, 0.25) is 0 Å². The maximum Gasteiger partial charge on any atom is 0.0235 e. The molecule has 2 heterocycles. The highest BCUT2D eigenvalue weighted by atomic mass is 15.3. The first-order chi connectivity index (χ1) is 5.90. The van der Waals surface area contributed by atoms with Gasteiger partial charge in [-0.15, -0.1) is 0 Å². The van der Waals surface area contributed by atoms with Crippen LogP contribution in [0.3, 0.4) is 0 Å². The van der Waals surface area contributed by atoms with Gasteiger partial charge in [0.2, 0.25) is 0 Å². The Kier molecular flexibility index (Phi) is 2.66. The highest BCUT2D eigenvalue weighted by Gasteiger charge is 2.27. The van der Waals surface area contributed by atoms with Crippen molar-refractivity contribution < 1.29 is 0 Å². The number of nitrogens with zero attached hydrogens (tertiary/aromatic N) is 2. The molecule has 0 aromatic carbocycles.